The van der Waals surface area contributed by atoms with Crippen molar-refractivity contribution in [1.29, 1.82) is 0 Å². The van der Waals surface area contributed by atoms with Crippen LogP contribution in [0.1, 0.15) is 0 Å². The van der Waals surface area contributed by atoms with Crippen LogP contribution in [-0.2, 0) is 14.4 Å². The average Bonchev–Trinajstić information content (AvgIpc) is 2.12. The highest BCUT2D eigenvalue weighted by Crippen LogP contribution is 2.03. The van der Waals surface area contributed by atoms with Crippen molar-refractivity contribution in [2.75, 3.05) is 6.54 Å². The van der Waals surface area contributed by atoms with Crippen molar-refractivity contribution >= 4 is 11.9 Å². The van der Waals surface area contributed by atoms with Gasteiger partial charge in [0.15, 0.2) is 5.92 Å². The minimum atomic E-state index is -0.912. The van der Waals surface area contributed by atoms with Crippen LogP contribution >= 0.6 is 0 Å². The van der Waals surface area contributed by atoms with Gasteiger partial charge in [0.05, 0.1) is 0 Å². The monoisotopic (exact) mass is 129 g/mol. The van der Waals surface area contributed by atoms with E-state index in [1.165, 1.54) is 0 Å². The third kappa shape index (κ3) is 0.857. The van der Waals surface area contributed by atoms with E-state index in [0.29, 0.717) is 0 Å². The summed E-state index contributed by atoms with van der Waals surface area (Å²) >= 11 is 0. The minimum Gasteiger partial charge on any atom is -0.340 e. The molecule has 2 N–H and O–H groups in total. The summed E-state index contributed by atoms with van der Waals surface area (Å²) in [5.74, 6) is -2.09. The van der Waals surface area contributed by atoms with Crippen LogP contribution in [0, 0.1) is 5.92 Å². The molecule has 0 aliphatic carbocycles. The van der Waals surface area contributed by atoms with Gasteiger partial charge in [0.2, 0.25) is 0 Å². The molecular formula is C4H5N2O3. The first-order valence-electron chi connectivity index (χ1n) is 2.41. The van der Waals surface area contributed by atoms with Crippen molar-refractivity contribution in [2.24, 2.45) is 5.92 Å². The Morgan fingerprint density at radius 2 is 2.33 bits per heavy atom. The van der Waals surface area contributed by atoms with Crippen LogP contribution in [0.2, 0.25) is 0 Å². The van der Waals surface area contributed by atoms with Crippen LogP contribution in [0.5, 0.6) is 0 Å². The molecule has 49 valence electrons. The lowest BCUT2D eigenvalue weighted by Gasteiger charge is -1.90. The molecule has 1 fully saturated rings. The maximum atomic E-state index is 10.4. The van der Waals surface area contributed by atoms with Crippen molar-refractivity contribution in [2.45, 2.75) is 0 Å². The molecule has 0 saturated carbocycles. The molecule has 5 nitrogen and oxygen atoms in total. The van der Waals surface area contributed by atoms with E-state index in [4.69, 9.17) is 5.73 Å². The van der Waals surface area contributed by atoms with Crippen molar-refractivity contribution in [3.8, 4) is 0 Å². The molecule has 1 saturated heterocycles. The van der Waals surface area contributed by atoms with Crippen LogP contribution in [-0.4, -0.2) is 18.4 Å². The lowest BCUT2D eigenvalue weighted by Crippen LogP contribution is -2.23. The Balaban J connectivity index is 2.66. The van der Waals surface area contributed by atoms with Gasteiger partial charge in [-0.05, 0) is 0 Å². The molecule has 5 heteroatoms. The number of carbonyl (C=O) groups is 2. The second kappa shape index (κ2) is 2.02. The van der Waals surface area contributed by atoms with Crippen LogP contribution in [0.25, 0.3) is 0 Å². The molecule has 1 aliphatic rings. The lowest BCUT2D eigenvalue weighted by molar-refractivity contribution is -0.146. The third-order valence-electron chi connectivity index (χ3n) is 1.06. The molecule has 0 aromatic rings. The van der Waals surface area contributed by atoms with Gasteiger partial charge in [-0.3, -0.25) is 10.5 Å². The largest absolute Gasteiger partial charge is 0.346 e. The minimum absolute atomic E-state index is 0.245. The Bertz CT molecular complexity index is 140. The summed E-state index contributed by atoms with van der Waals surface area (Å²) in [6.07, 6.45) is 0. The number of carbonyl (C=O) groups excluding carboxylic acids is 2. The maximum absolute atomic E-state index is 10.4. The summed E-state index contributed by atoms with van der Waals surface area (Å²) in [5, 5.41) is 0. The van der Waals surface area contributed by atoms with E-state index in [0.717, 1.165) is 0 Å². The van der Waals surface area contributed by atoms with Gasteiger partial charge < -0.3 is 4.84 Å². The smallest absolute Gasteiger partial charge is 0.340 e. The highest BCUT2D eigenvalue weighted by Gasteiger charge is 2.34. The van der Waals surface area contributed by atoms with E-state index < -0.39 is 17.8 Å². The fraction of sp³-hybridized carbons (Fsp3) is 0.500. The molecule has 1 rings (SSSR count). The van der Waals surface area contributed by atoms with E-state index in [9.17, 15) is 9.59 Å². The predicted octanol–water partition coefficient (Wildman–Crippen LogP) is -1.53. The molecule has 0 aromatic heterocycles. The van der Waals surface area contributed by atoms with Gasteiger partial charge in [0, 0.05) is 6.54 Å². The molecule has 1 aliphatic heterocycles. The molecule has 0 bridgehead atoms. The summed E-state index contributed by atoms with van der Waals surface area (Å²) in [5.41, 5.74) is 8.56. The molecule has 1 atom stereocenters. The van der Waals surface area contributed by atoms with Gasteiger partial charge in [-0.25, -0.2) is 4.79 Å². The SMILES string of the molecule is [NH]CC1C(=O)NOC1=O. The zero-order valence-corrected chi connectivity index (χ0v) is 4.51. The highest BCUT2D eigenvalue weighted by molar-refractivity contribution is 6.01. The number of rotatable bonds is 1. The van der Waals surface area contributed by atoms with Gasteiger partial charge in [-0.2, -0.15) is 5.48 Å². The van der Waals surface area contributed by atoms with Crippen molar-refractivity contribution in [3.63, 3.8) is 0 Å². The molecule has 1 heterocycles. The van der Waals surface area contributed by atoms with Crippen molar-refractivity contribution in [1.82, 2.24) is 11.2 Å². The van der Waals surface area contributed by atoms with E-state index in [1.807, 2.05) is 5.48 Å². The lowest BCUT2D eigenvalue weighted by atomic mass is 10.1. The van der Waals surface area contributed by atoms with Crippen LogP contribution < -0.4 is 11.2 Å². The Hall–Kier alpha value is -1.10. The molecule has 1 unspecified atom stereocenters. The van der Waals surface area contributed by atoms with Crippen LogP contribution in [0.15, 0.2) is 0 Å². The van der Waals surface area contributed by atoms with Crippen molar-refractivity contribution in [3.05, 3.63) is 0 Å². The highest BCUT2D eigenvalue weighted by atomic mass is 16.7. The van der Waals surface area contributed by atoms with Gasteiger partial charge in [0.1, 0.15) is 0 Å². The average molecular weight is 129 g/mol. The van der Waals surface area contributed by atoms with E-state index in [-0.39, 0.29) is 6.54 Å². The zero-order valence-electron chi connectivity index (χ0n) is 4.51. The summed E-state index contributed by atoms with van der Waals surface area (Å²) in [6.45, 7) is -0.245. The number of nitrogens with one attached hydrogen (secondary N) is 2. The molecule has 1 radical (unpaired) electrons. The number of amides is 1. The topological polar surface area (TPSA) is 79.2 Å². The Morgan fingerprint density at radius 1 is 1.67 bits per heavy atom. The first kappa shape index (κ1) is 6.03. The second-order valence-corrected chi connectivity index (χ2v) is 1.64. The first-order valence-corrected chi connectivity index (χ1v) is 2.41. The van der Waals surface area contributed by atoms with E-state index in [2.05, 4.69) is 4.84 Å². The molecule has 0 spiro atoms. The summed E-state index contributed by atoms with van der Waals surface area (Å²) in [7, 11) is 0. The fourth-order valence-electron chi connectivity index (χ4n) is 0.526. The van der Waals surface area contributed by atoms with Crippen LogP contribution in [0.4, 0.5) is 0 Å². The van der Waals surface area contributed by atoms with Gasteiger partial charge in [-0.15, -0.1) is 0 Å². The van der Waals surface area contributed by atoms with Crippen LogP contribution in [0.3, 0.4) is 0 Å². The van der Waals surface area contributed by atoms with Gasteiger partial charge in [0.25, 0.3) is 5.91 Å². The molecule has 0 aromatic carbocycles. The standard InChI is InChI=1S/C4H5N2O3/c5-1-2-3(7)6-9-4(2)8/h2,5H,1H2,(H,6,7). The predicted molar refractivity (Wildman–Crippen MR) is 25.7 cm³/mol. The Morgan fingerprint density at radius 3 is 2.56 bits per heavy atom. The molecule has 9 heavy (non-hydrogen) atoms. The summed E-state index contributed by atoms with van der Waals surface area (Å²) in [6, 6.07) is 0. The third-order valence-corrected chi connectivity index (χ3v) is 1.06. The normalized spacial score (nSPS) is 25.7. The second-order valence-electron chi connectivity index (χ2n) is 1.64. The summed E-state index contributed by atoms with van der Waals surface area (Å²) in [4.78, 5) is 24.9. The molecular weight excluding hydrogens is 124 g/mol. The van der Waals surface area contributed by atoms with E-state index >= 15 is 0 Å². The fourth-order valence-corrected chi connectivity index (χ4v) is 0.526. The van der Waals surface area contributed by atoms with E-state index in [1.54, 1.807) is 0 Å². The van der Waals surface area contributed by atoms with Gasteiger partial charge in [-0.1, -0.05) is 0 Å². The number of hydrogen-bond donors (Lipinski definition) is 1. The quantitative estimate of drug-likeness (QED) is 0.436. The first-order chi connectivity index (χ1) is 4.25. The maximum Gasteiger partial charge on any atom is 0.346 e. The number of hydrogen-bond acceptors (Lipinski definition) is 3. The summed E-state index contributed by atoms with van der Waals surface area (Å²) < 4.78 is 0. The number of hydroxylamine groups is 1. The van der Waals surface area contributed by atoms with Crippen molar-refractivity contribution < 1.29 is 14.4 Å². The Kier molecular flexibility index (Phi) is 1.35. The van der Waals surface area contributed by atoms with Gasteiger partial charge >= 0.3 is 5.97 Å². The Labute approximate surface area is 51.1 Å². The zero-order chi connectivity index (χ0) is 6.85. The molecule has 1 amide bonds.